The summed E-state index contributed by atoms with van der Waals surface area (Å²) in [6.07, 6.45) is -4.32. The van der Waals surface area contributed by atoms with Gasteiger partial charge in [-0.2, -0.15) is 13.2 Å². The van der Waals surface area contributed by atoms with E-state index in [9.17, 15) is 13.2 Å². The van der Waals surface area contributed by atoms with Crippen molar-refractivity contribution in [3.63, 3.8) is 0 Å². The molecule has 1 heterocycles. The molecule has 0 bridgehead atoms. The standard InChI is InChI=1S/C8H9ClF3NO/c1-5-2-6(3-9)13-7(5)14-4-8(10,11)12/h2,13H,3-4H2,1H3. The molecule has 0 fully saturated rings. The van der Waals surface area contributed by atoms with E-state index in [4.69, 9.17) is 11.6 Å². The van der Waals surface area contributed by atoms with Crippen molar-refractivity contribution in [2.24, 2.45) is 0 Å². The van der Waals surface area contributed by atoms with Gasteiger partial charge in [-0.15, -0.1) is 11.6 Å². The average Bonchev–Trinajstić information content (AvgIpc) is 2.42. The highest BCUT2D eigenvalue weighted by Gasteiger charge is 2.28. The van der Waals surface area contributed by atoms with Crippen LogP contribution >= 0.6 is 11.6 Å². The maximum atomic E-state index is 11.8. The largest absolute Gasteiger partial charge is 0.469 e. The van der Waals surface area contributed by atoms with Crippen LogP contribution in [0, 0.1) is 6.92 Å². The number of halogens is 4. The Morgan fingerprint density at radius 1 is 1.50 bits per heavy atom. The van der Waals surface area contributed by atoms with E-state index in [1.165, 1.54) is 0 Å². The highest BCUT2D eigenvalue weighted by atomic mass is 35.5. The zero-order valence-electron chi connectivity index (χ0n) is 7.41. The van der Waals surface area contributed by atoms with Crippen LogP contribution in [0.15, 0.2) is 6.07 Å². The molecule has 1 aromatic rings. The molecule has 80 valence electrons. The van der Waals surface area contributed by atoms with Crippen LogP contribution in [0.1, 0.15) is 11.3 Å². The molecule has 0 aromatic carbocycles. The number of hydrogen-bond donors (Lipinski definition) is 1. The third kappa shape index (κ3) is 3.14. The van der Waals surface area contributed by atoms with Crippen molar-refractivity contribution in [3.05, 3.63) is 17.3 Å². The summed E-state index contributed by atoms with van der Waals surface area (Å²) in [6, 6.07) is 1.65. The molecular weight excluding hydrogens is 219 g/mol. The normalized spacial score (nSPS) is 11.8. The number of aromatic nitrogens is 1. The summed E-state index contributed by atoms with van der Waals surface area (Å²) >= 11 is 5.49. The molecule has 0 saturated heterocycles. The van der Waals surface area contributed by atoms with Crippen molar-refractivity contribution in [1.82, 2.24) is 4.98 Å². The van der Waals surface area contributed by atoms with Crippen LogP contribution in [-0.4, -0.2) is 17.8 Å². The van der Waals surface area contributed by atoms with Gasteiger partial charge >= 0.3 is 6.18 Å². The minimum Gasteiger partial charge on any atom is -0.469 e. The number of alkyl halides is 4. The Bertz CT molecular complexity index is 308. The van der Waals surface area contributed by atoms with Gasteiger partial charge in [0.15, 0.2) is 12.5 Å². The van der Waals surface area contributed by atoms with Crippen LogP contribution in [-0.2, 0) is 5.88 Å². The highest BCUT2D eigenvalue weighted by molar-refractivity contribution is 6.16. The van der Waals surface area contributed by atoms with Gasteiger partial charge in [0.25, 0.3) is 0 Å². The lowest BCUT2D eigenvalue weighted by Crippen LogP contribution is -2.19. The molecular formula is C8H9ClF3NO. The van der Waals surface area contributed by atoms with Crippen LogP contribution in [0.25, 0.3) is 0 Å². The number of aromatic amines is 1. The maximum Gasteiger partial charge on any atom is 0.422 e. The summed E-state index contributed by atoms with van der Waals surface area (Å²) in [4.78, 5) is 2.65. The molecule has 1 rings (SSSR count). The molecule has 0 radical (unpaired) electrons. The van der Waals surface area contributed by atoms with E-state index >= 15 is 0 Å². The second kappa shape index (κ2) is 4.13. The van der Waals surface area contributed by atoms with Gasteiger partial charge in [0.2, 0.25) is 0 Å². The number of rotatable bonds is 3. The van der Waals surface area contributed by atoms with E-state index in [2.05, 4.69) is 9.72 Å². The Morgan fingerprint density at radius 3 is 2.57 bits per heavy atom. The lowest BCUT2D eigenvalue weighted by molar-refractivity contribution is -0.154. The monoisotopic (exact) mass is 227 g/mol. The summed E-state index contributed by atoms with van der Waals surface area (Å²) in [5.41, 5.74) is 1.26. The van der Waals surface area contributed by atoms with Gasteiger partial charge in [0, 0.05) is 11.3 Å². The fourth-order valence-corrected chi connectivity index (χ4v) is 1.13. The molecule has 0 aliphatic rings. The van der Waals surface area contributed by atoms with Crippen LogP contribution in [0.4, 0.5) is 13.2 Å². The fourth-order valence-electron chi connectivity index (χ4n) is 0.983. The first kappa shape index (κ1) is 11.2. The Kier molecular flexibility index (Phi) is 3.31. The average molecular weight is 228 g/mol. The van der Waals surface area contributed by atoms with Gasteiger partial charge in [-0.25, -0.2) is 0 Å². The molecule has 0 aliphatic heterocycles. The lowest BCUT2D eigenvalue weighted by atomic mass is 10.3. The summed E-state index contributed by atoms with van der Waals surface area (Å²) < 4.78 is 39.9. The topological polar surface area (TPSA) is 25.0 Å². The number of ether oxygens (including phenoxy) is 1. The third-order valence-corrected chi connectivity index (χ3v) is 1.84. The van der Waals surface area contributed by atoms with Crippen LogP contribution in [0.3, 0.4) is 0 Å². The van der Waals surface area contributed by atoms with E-state index in [0.717, 1.165) is 0 Å². The van der Waals surface area contributed by atoms with Crippen molar-refractivity contribution < 1.29 is 17.9 Å². The smallest absolute Gasteiger partial charge is 0.422 e. The van der Waals surface area contributed by atoms with E-state index < -0.39 is 12.8 Å². The first-order valence-electron chi connectivity index (χ1n) is 3.86. The van der Waals surface area contributed by atoms with Crippen molar-refractivity contribution >= 4 is 11.6 Å². The van der Waals surface area contributed by atoms with Crippen LogP contribution < -0.4 is 4.74 Å². The van der Waals surface area contributed by atoms with E-state index in [-0.39, 0.29) is 11.8 Å². The number of nitrogens with one attached hydrogen (secondary N) is 1. The minimum absolute atomic E-state index is 0.123. The van der Waals surface area contributed by atoms with Crippen LogP contribution in [0.5, 0.6) is 5.88 Å². The molecule has 0 aliphatic carbocycles. The Labute approximate surface area is 84.0 Å². The summed E-state index contributed by atoms with van der Waals surface area (Å²) in [5.74, 6) is 0.342. The second-order valence-corrected chi connectivity index (χ2v) is 3.11. The fraction of sp³-hybridized carbons (Fsp3) is 0.500. The molecule has 1 aromatic heterocycles. The molecule has 0 amide bonds. The molecule has 0 unspecified atom stereocenters. The highest BCUT2D eigenvalue weighted by Crippen LogP contribution is 2.22. The minimum atomic E-state index is -4.32. The second-order valence-electron chi connectivity index (χ2n) is 2.84. The zero-order chi connectivity index (χ0) is 10.8. The van der Waals surface area contributed by atoms with Crippen molar-refractivity contribution in [2.45, 2.75) is 19.0 Å². The van der Waals surface area contributed by atoms with E-state index in [0.29, 0.717) is 11.3 Å². The molecule has 6 heteroatoms. The summed E-state index contributed by atoms with van der Waals surface area (Å²) in [5, 5.41) is 0. The maximum absolute atomic E-state index is 11.8. The third-order valence-electron chi connectivity index (χ3n) is 1.55. The Morgan fingerprint density at radius 2 is 2.14 bits per heavy atom. The van der Waals surface area contributed by atoms with E-state index in [1.807, 2.05) is 0 Å². The van der Waals surface area contributed by atoms with Crippen molar-refractivity contribution in [3.8, 4) is 5.88 Å². The first-order valence-corrected chi connectivity index (χ1v) is 4.40. The van der Waals surface area contributed by atoms with Crippen LogP contribution in [0.2, 0.25) is 0 Å². The first-order chi connectivity index (χ1) is 6.42. The molecule has 0 atom stereocenters. The van der Waals surface area contributed by atoms with Gasteiger partial charge in [-0.05, 0) is 13.0 Å². The predicted molar refractivity (Wildman–Crippen MR) is 46.6 cm³/mol. The summed E-state index contributed by atoms with van der Waals surface area (Å²) in [6.45, 7) is 0.355. The predicted octanol–water partition coefficient (Wildman–Crippen LogP) is 3.00. The van der Waals surface area contributed by atoms with Crippen molar-refractivity contribution in [1.29, 1.82) is 0 Å². The quantitative estimate of drug-likeness (QED) is 0.789. The Hall–Kier alpha value is -0.840. The van der Waals surface area contributed by atoms with Gasteiger partial charge in [-0.1, -0.05) is 0 Å². The van der Waals surface area contributed by atoms with Gasteiger partial charge < -0.3 is 9.72 Å². The van der Waals surface area contributed by atoms with E-state index in [1.54, 1.807) is 13.0 Å². The lowest BCUT2D eigenvalue weighted by Gasteiger charge is -2.07. The van der Waals surface area contributed by atoms with Crippen molar-refractivity contribution in [2.75, 3.05) is 6.61 Å². The molecule has 2 nitrogen and oxygen atoms in total. The number of aryl methyl sites for hydroxylation is 1. The molecule has 1 N–H and O–H groups in total. The van der Waals surface area contributed by atoms with Gasteiger partial charge in [-0.3, -0.25) is 0 Å². The van der Waals surface area contributed by atoms with Gasteiger partial charge in [0.1, 0.15) is 0 Å². The zero-order valence-corrected chi connectivity index (χ0v) is 8.17. The Balaban J connectivity index is 2.63. The number of hydrogen-bond acceptors (Lipinski definition) is 1. The summed E-state index contributed by atoms with van der Waals surface area (Å²) in [7, 11) is 0. The molecule has 0 spiro atoms. The molecule has 0 saturated carbocycles. The molecule has 14 heavy (non-hydrogen) atoms. The number of H-pyrrole nitrogens is 1. The SMILES string of the molecule is Cc1cc(CCl)[nH]c1OCC(F)(F)F. The van der Waals surface area contributed by atoms with Gasteiger partial charge in [0.05, 0.1) is 5.88 Å².